The predicted octanol–water partition coefficient (Wildman–Crippen LogP) is 4.83. The summed E-state index contributed by atoms with van der Waals surface area (Å²) in [7, 11) is 0. The Kier molecular flexibility index (Phi) is 6.56. The van der Waals surface area contributed by atoms with Crippen molar-refractivity contribution in [2.75, 3.05) is 23.8 Å². The number of nitrogens with one attached hydrogen (secondary N) is 2. The van der Waals surface area contributed by atoms with Gasteiger partial charge in [-0.2, -0.15) is 0 Å². The van der Waals surface area contributed by atoms with Gasteiger partial charge in [0.15, 0.2) is 0 Å². The summed E-state index contributed by atoms with van der Waals surface area (Å²) in [6.45, 7) is 3.02. The van der Waals surface area contributed by atoms with Gasteiger partial charge in [0, 0.05) is 18.7 Å². The first-order valence-corrected chi connectivity index (χ1v) is 8.06. The fourth-order valence-corrected chi connectivity index (χ4v) is 2.30. The molecule has 2 aromatic rings. The molecule has 0 aliphatic carbocycles. The molecule has 0 aromatic heterocycles. The van der Waals surface area contributed by atoms with E-state index in [-0.39, 0.29) is 5.91 Å². The van der Waals surface area contributed by atoms with Crippen LogP contribution in [-0.2, 0) is 4.79 Å². The first-order chi connectivity index (χ1) is 11.1. The third kappa shape index (κ3) is 5.34. The molecule has 2 rings (SSSR count). The molecular weight excluding hydrogens is 335 g/mol. The van der Waals surface area contributed by atoms with Gasteiger partial charge in [0.1, 0.15) is 5.75 Å². The largest absolute Gasteiger partial charge is 0.492 e. The van der Waals surface area contributed by atoms with Gasteiger partial charge in [-0.3, -0.25) is 4.79 Å². The summed E-state index contributed by atoms with van der Waals surface area (Å²) < 4.78 is 5.52. The third-order valence-electron chi connectivity index (χ3n) is 3.06. The summed E-state index contributed by atoms with van der Waals surface area (Å²) in [5, 5.41) is 6.85. The molecule has 0 aliphatic rings. The lowest BCUT2D eigenvalue weighted by Crippen LogP contribution is -2.16. The number of rotatable bonds is 7. The molecule has 122 valence electrons. The number of ether oxygens (including phenoxy) is 1. The average Bonchev–Trinajstić information content (AvgIpc) is 2.53. The number of amides is 1. The van der Waals surface area contributed by atoms with E-state index >= 15 is 0 Å². The standard InChI is InChI=1S/C17H18Cl2N2O2/c1-2-23-16-6-4-3-5-15(16)20-10-9-17(22)21-12-7-8-13(18)14(19)11-12/h3-8,11,20H,2,9-10H2,1H3,(H,21,22). The maximum atomic E-state index is 12.0. The van der Waals surface area contributed by atoms with E-state index in [0.29, 0.717) is 35.3 Å². The highest BCUT2D eigenvalue weighted by Gasteiger charge is 2.06. The Hall–Kier alpha value is -1.91. The van der Waals surface area contributed by atoms with Crippen molar-refractivity contribution in [2.24, 2.45) is 0 Å². The Morgan fingerprint density at radius 3 is 2.65 bits per heavy atom. The van der Waals surface area contributed by atoms with Crippen molar-refractivity contribution in [2.45, 2.75) is 13.3 Å². The highest BCUT2D eigenvalue weighted by Crippen LogP contribution is 2.25. The van der Waals surface area contributed by atoms with Crippen LogP contribution in [0.2, 0.25) is 10.0 Å². The summed E-state index contributed by atoms with van der Waals surface area (Å²) in [6, 6.07) is 12.6. The number of carbonyl (C=O) groups is 1. The van der Waals surface area contributed by atoms with E-state index in [1.54, 1.807) is 18.2 Å². The molecular formula is C17H18Cl2N2O2. The molecule has 0 aliphatic heterocycles. The Morgan fingerprint density at radius 2 is 1.91 bits per heavy atom. The fourth-order valence-electron chi connectivity index (χ4n) is 2.00. The van der Waals surface area contributed by atoms with E-state index < -0.39 is 0 Å². The van der Waals surface area contributed by atoms with Crippen LogP contribution in [-0.4, -0.2) is 19.1 Å². The zero-order chi connectivity index (χ0) is 16.7. The summed E-state index contributed by atoms with van der Waals surface area (Å²) in [5.74, 6) is 0.671. The van der Waals surface area contributed by atoms with Crippen LogP contribution in [0.15, 0.2) is 42.5 Å². The molecule has 0 bridgehead atoms. The van der Waals surface area contributed by atoms with Crippen LogP contribution < -0.4 is 15.4 Å². The Labute approximate surface area is 145 Å². The molecule has 23 heavy (non-hydrogen) atoms. The number of hydrogen-bond acceptors (Lipinski definition) is 3. The minimum atomic E-state index is -0.107. The van der Waals surface area contributed by atoms with E-state index in [1.807, 2.05) is 31.2 Å². The van der Waals surface area contributed by atoms with Gasteiger partial charge >= 0.3 is 0 Å². The highest BCUT2D eigenvalue weighted by atomic mass is 35.5. The van der Waals surface area contributed by atoms with Crippen molar-refractivity contribution in [1.29, 1.82) is 0 Å². The van der Waals surface area contributed by atoms with Crippen LogP contribution in [0.3, 0.4) is 0 Å². The smallest absolute Gasteiger partial charge is 0.226 e. The van der Waals surface area contributed by atoms with Gasteiger partial charge in [-0.15, -0.1) is 0 Å². The number of benzene rings is 2. The van der Waals surface area contributed by atoms with Gasteiger partial charge in [0.25, 0.3) is 0 Å². The zero-order valence-corrected chi connectivity index (χ0v) is 14.2. The molecule has 0 spiro atoms. The fraction of sp³-hybridized carbons (Fsp3) is 0.235. The van der Waals surface area contributed by atoms with Gasteiger partial charge in [-0.05, 0) is 37.3 Å². The summed E-state index contributed by atoms with van der Waals surface area (Å²) in [5.41, 5.74) is 1.50. The number of hydrogen-bond donors (Lipinski definition) is 2. The minimum absolute atomic E-state index is 0.107. The van der Waals surface area contributed by atoms with E-state index in [0.717, 1.165) is 11.4 Å². The first kappa shape index (κ1) is 17.4. The molecule has 0 atom stereocenters. The normalized spacial score (nSPS) is 10.2. The SMILES string of the molecule is CCOc1ccccc1NCCC(=O)Nc1ccc(Cl)c(Cl)c1. The maximum absolute atomic E-state index is 12.0. The first-order valence-electron chi connectivity index (χ1n) is 7.30. The highest BCUT2D eigenvalue weighted by molar-refractivity contribution is 6.42. The van der Waals surface area contributed by atoms with Gasteiger partial charge in [0.05, 0.1) is 22.3 Å². The second-order valence-corrected chi connectivity index (χ2v) is 5.60. The lowest BCUT2D eigenvalue weighted by Gasteiger charge is -2.12. The number of para-hydroxylation sites is 2. The third-order valence-corrected chi connectivity index (χ3v) is 3.80. The van der Waals surface area contributed by atoms with E-state index in [1.165, 1.54) is 0 Å². The minimum Gasteiger partial charge on any atom is -0.492 e. The zero-order valence-electron chi connectivity index (χ0n) is 12.7. The van der Waals surface area contributed by atoms with Gasteiger partial charge in [-0.1, -0.05) is 35.3 Å². The van der Waals surface area contributed by atoms with E-state index in [9.17, 15) is 4.79 Å². The van der Waals surface area contributed by atoms with Crippen molar-refractivity contribution in [3.8, 4) is 5.75 Å². The molecule has 2 aromatic carbocycles. The number of anilines is 2. The molecule has 6 heteroatoms. The summed E-state index contributed by atoms with van der Waals surface area (Å²) in [4.78, 5) is 12.0. The van der Waals surface area contributed by atoms with E-state index in [2.05, 4.69) is 10.6 Å². The number of halogens is 2. The summed E-state index contributed by atoms with van der Waals surface area (Å²) in [6.07, 6.45) is 0.320. The Balaban J connectivity index is 1.84. The molecule has 0 fully saturated rings. The molecule has 0 heterocycles. The molecule has 1 amide bonds. The average molecular weight is 353 g/mol. The Bertz CT molecular complexity index is 677. The van der Waals surface area contributed by atoms with Crippen molar-refractivity contribution < 1.29 is 9.53 Å². The maximum Gasteiger partial charge on any atom is 0.226 e. The van der Waals surface area contributed by atoms with Crippen molar-refractivity contribution in [3.63, 3.8) is 0 Å². The molecule has 0 saturated carbocycles. The molecule has 0 unspecified atom stereocenters. The van der Waals surface area contributed by atoms with Crippen LogP contribution >= 0.6 is 23.2 Å². The van der Waals surface area contributed by atoms with E-state index in [4.69, 9.17) is 27.9 Å². The van der Waals surface area contributed by atoms with Gasteiger partial charge in [-0.25, -0.2) is 0 Å². The topological polar surface area (TPSA) is 50.4 Å². The number of carbonyl (C=O) groups excluding carboxylic acids is 1. The second-order valence-electron chi connectivity index (χ2n) is 4.78. The van der Waals surface area contributed by atoms with Crippen LogP contribution in [0.5, 0.6) is 5.75 Å². The van der Waals surface area contributed by atoms with Gasteiger partial charge in [0.2, 0.25) is 5.91 Å². The van der Waals surface area contributed by atoms with Crippen LogP contribution in [0.1, 0.15) is 13.3 Å². The van der Waals surface area contributed by atoms with Crippen LogP contribution in [0.4, 0.5) is 11.4 Å². The van der Waals surface area contributed by atoms with Crippen molar-refractivity contribution in [1.82, 2.24) is 0 Å². The van der Waals surface area contributed by atoms with Crippen molar-refractivity contribution >= 4 is 40.5 Å². The van der Waals surface area contributed by atoms with Crippen LogP contribution in [0.25, 0.3) is 0 Å². The molecule has 0 radical (unpaired) electrons. The quantitative estimate of drug-likeness (QED) is 0.749. The Morgan fingerprint density at radius 1 is 1.13 bits per heavy atom. The van der Waals surface area contributed by atoms with Crippen LogP contribution in [0, 0.1) is 0 Å². The second kappa shape index (κ2) is 8.65. The lowest BCUT2D eigenvalue weighted by atomic mass is 10.2. The monoisotopic (exact) mass is 352 g/mol. The molecule has 4 nitrogen and oxygen atoms in total. The van der Waals surface area contributed by atoms with Crippen molar-refractivity contribution in [3.05, 3.63) is 52.5 Å². The molecule has 2 N–H and O–H groups in total. The lowest BCUT2D eigenvalue weighted by molar-refractivity contribution is -0.115. The molecule has 0 saturated heterocycles. The summed E-state index contributed by atoms with van der Waals surface area (Å²) >= 11 is 11.8. The predicted molar refractivity (Wildman–Crippen MR) is 95.8 cm³/mol. The van der Waals surface area contributed by atoms with Gasteiger partial charge < -0.3 is 15.4 Å².